The number of morpholine rings is 1. The molecule has 0 aliphatic carbocycles. The van der Waals surface area contributed by atoms with Gasteiger partial charge >= 0.3 is 0 Å². The van der Waals surface area contributed by atoms with E-state index in [9.17, 15) is 0 Å². The average molecular weight is 450 g/mol. The molecule has 1 aromatic carbocycles. The highest BCUT2D eigenvalue weighted by molar-refractivity contribution is 6.05. The van der Waals surface area contributed by atoms with Crippen LogP contribution in [0.25, 0.3) is 33.5 Å². The van der Waals surface area contributed by atoms with E-state index in [1.54, 1.807) is 12.4 Å². The van der Waals surface area contributed by atoms with Crippen LogP contribution in [0.4, 0.5) is 17.7 Å². The lowest BCUT2D eigenvalue weighted by Gasteiger charge is -2.27. The van der Waals surface area contributed by atoms with E-state index in [2.05, 4.69) is 25.2 Å². The summed E-state index contributed by atoms with van der Waals surface area (Å²) in [4.78, 5) is 23.7. The van der Waals surface area contributed by atoms with Gasteiger partial charge in [-0.1, -0.05) is 30.3 Å². The highest BCUT2D eigenvalue weighted by atomic mass is 35.5. The van der Waals surface area contributed by atoms with Crippen molar-refractivity contribution in [3.8, 4) is 11.3 Å². The second kappa shape index (κ2) is 8.45. The van der Waals surface area contributed by atoms with Crippen molar-refractivity contribution < 1.29 is 9.15 Å². The molecule has 1 aliphatic heterocycles. The molecule has 2 N–H and O–H groups in total. The van der Waals surface area contributed by atoms with Gasteiger partial charge in [-0.2, -0.15) is 4.98 Å². The summed E-state index contributed by atoms with van der Waals surface area (Å²) in [5.41, 5.74) is 3.86. The minimum atomic E-state index is 0. The topological polar surface area (TPSA) is 105 Å². The van der Waals surface area contributed by atoms with Gasteiger partial charge in [0.25, 0.3) is 0 Å². The molecule has 0 unspecified atom stereocenters. The van der Waals surface area contributed by atoms with Crippen molar-refractivity contribution in [1.82, 2.24) is 24.9 Å². The maximum atomic E-state index is 6.03. The smallest absolute Gasteiger partial charge is 0.232 e. The van der Waals surface area contributed by atoms with Gasteiger partial charge in [-0.05, 0) is 17.7 Å². The number of H-pyrrole nitrogens is 1. The highest BCUT2D eigenvalue weighted by Gasteiger charge is 2.22. The van der Waals surface area contributed by atoms with Crippen LogP contribution in [0.5, 0.6) is 0 Å². The molecule has 0 radical (unpaired) electrons. The first-order valence-corrected chi connectivity index (χ1v) is 10.1. The molecule has 5 heterocycles. The second-order valence-electron chi connectivity index (χ2n) is 7.24. The normalized spacial score (nSPS) is 13.9. The molecule has 1 aliphatic rings. The SMILES string of the molecule is Cl.c1ccc(-c2cnc(Nc3nc(N4CCOCC4)c4oc5ncccc5c4n3)[nH]2)cc1. The van der Waals surface area contributed by atoms with Gasteiger partial charge in [0.15, 0.2) is 11.4 Å². The Morgan fingerprint density at radius 3 is 2.66 bits per heavy atom. The molecular weight excluding hydrogens is 430 g/mol. The van der Waals surface area contributed by atoms with E-state index in [0.29, 0.717) is 36.4 Å². The van der Waals surface area contributed by atoms with Gasteiger partial charge in [0.05, 0.1) is 30.5 Å². The summed E-state index contributed by atoms with van der Waals surface area (Å²) in [5.74, 6) is 1.73. The number of nitrogens with zero attached hydrogens (tertiary/aromatic N) is 5. The molecule has 10 heteroatoms. The summed E-state index contributed by atoms with van der Waals surface area (Å²) >= 11 is 0. The van der Waals surface area contributed by atoms with Gasteiger partial charge in [0.2, 0.25) is 17.6 Å². The fraction of sp³-hybridized carbons (Fsp3) is 0.182. The Labute approximate surface area is 189 Å². The monoisotopic (exact) mass is 449 g/mol. The Balaban J connectivity index is 0.00000216. The number of fused-ring (bicyclic) bond motifs is 3. The fourth-order valence-electron chi connectivity index (χ4n) is 3.76. The number of furan rings is 1. The van der Waals surface area contributed by atoms with Crippen molar-refractivity contribution in [1.29, 1.82) is 0 Å². The molecule has 1 fully saturated rings. The number of rotatable bonds is 4. The number of aromatic amines is 1. The van der Waals surface area contributed by atoms with E-state index < -0.39 is 0 Å². The highest BCUT2D eigenvalue weighted by Crippen LogP contribution is 2.33. The van der Waals surface area contributed by atoms with Crippen molar-refractivity contribution in [2.45, 2.75) is 0 Å². The van der Waals surface area contributed by atoms with Gasteiger partial charge < -0.3 is 19.0 Å². The molecule has 4 aromatic heterocycles. The minimum Gasteiger partial charge on any atom is -0.432 e. The number of nitrogens with one attached hydrogen (secondary N) is 2. The molecular formula is C22H20ClN7O2. The molecule has 6 rings (SSSR count). The molecule has 0 atom stereocenters. The quantitative estimate of drug-likeness (QED) is 0.421. The van der Waals surface area contributed by atoms with Crippen molar-refractivity contribution in [2.24, 2.45) is 0 Å². The number of imidazole rings is 1. The van der Waals surface area contributed by atoms with Crippen LogP contribution in [0, 0.1) is 0 Å². The van der Waals surface area contributed by atoms with Crippen molar-refractivity contribution in [3.05, 3.63) is 54.9 Å². The van der Waals surface area contributed by atoms with Crippen LogP contribution < -0.4 is 10.2 Å². The van der Waals surface area contributed by atoms with Gasteiger partial charge in [0.1, 0.15) is 5.52 Å². The van der Waals surface area contributed by atoms with Crippen LogP contribution in [0.1, 0.15) is 0 Å². The lowest BCUT2D eigenvalue weighted by atomic mass is 10.2. The number of pyridine rings is 1. The summed E-state index contributed by atoms with van der Waals surface area (Å²) in [6.07, 6.45) is 3.50. The molecule has 32 heavy (non-hydrogen) atoms. The van der Waals surface area contributed by atoms with Crippen molar-refractivity contribution in [3.63, 3.8) is 0 Å². The maximum Gasteiger partial charge on any atom is 0.232 e. The summed E-state index contributed by atoms with van der Waals surface area (Å²) in [5, 5.41) is 4.06. The van der Waals surface area contributed by atoms with Crippen LogP contribution in [0.3, 0.4) is 0 Å². The third-order valence-electron chi connectivity index (χ3n) is 5.27. The van der Waals surface area contributed by atoms with Gasteiger partial charge in [-0.25, -0.2) is 15.0 Å². The first-order chi connectivity index (χ1) is 15.3. The number of halogens is 1. The number of hydrogen-bond donors (Lipinski definition) is 2. The number of benzene rings is 1. The first kappa shape index (κ1) is 20.2. The Kier molecular flexibility index (Phi) is 5.34. The van der Waals surface area contributed by atoms with Crippen LogP contribution in [-0.2, 0) is 4.74 Å². The maximum absolute atomic E-state index is 6.03. The molecule has 0 amide bonds. The predicted octanol–water partition coefficient (Wildman–Crippen LogP) is 4.16. The van der Waals surface area contributed by atoms with Crippen molar-refractivity contribution in [2.75, 3.05) is 36.5 Å². The van der Waals surface area contributed by atoms with E-state index in [-0.39, 0.29) is 12.4 Å². The van der Waals surface area contributed by atoms with E-state index in [1.165, 1.54) is 0 Å². The lowest BCUT2D eigenvalue weighted by Crippen LogP contribution is -2.37. The van der Waals surface area contributed by atoms with E-state index in [0.717, 1.165) is 41.1 Å². The number of anilines is 3. The molecule has 0 spiro atoms. The number of ether oxygens (including phenoxy) is 1. The lowest BCUT2D eigenvalue weighted by molar-refractivity contribution is 0.122. The van der Waals surface area contributed by atoms with Gasteiger partial charge in [-0.15, -0.1) is 12.4 Å². The number of aromatic nitrogens is 5. The summed E-state index contributed by atoms with van der Waals surface area (Å²) in [6, 6.07) is 13.9. The Hall–Kier alpha value is -3.69. The Morgan fingerprint density at radius 1 is 0.969 bits per heavy atom. The molecule has 162 valence electrons. The molecule has 0 bridgehead atoms. The fourth-order valence-corrected chi connectivity index (χ4v) is 3.76. The average Bonchev–Trinajstić information content (AvgIpc) is 3.45. The summed E-state index contributed by atoms with van der Waals surface area (Å²) < 4.78 is 11.5. The van der Waals surface area contributed by atoms with E-state index in [4.69, 9.17) is 19.1 Å². The zero-order valence-electron chi connectivity index (χ0n) is 17.0. The minimum absolute atomic E-state index is 0. The van der Waals surface area contributed by atoms with Crippen LogP contribution >= 0.6 is 12.4 Å². The largest absolute Gasteiger partial charge is 0.432 e. The molecule has 5 aromatic rings. The third kappa shape index (κ3) is 3.61. The van der Waals surface area contributed by atoms with Crippen molar-refractivity contribution >= 4 is 52.3 Å². The van der Waals surface area contributed by atoms with Crippen LogP contribution in [0.2, 0.25) is 0 Å². The number of hydrogen-bond acceptors (Lipinski definition) is 8. The van der Waals surface area contributed by atoms with E-state index >= 15 is 0 Å². The standard InChI is InChI=1S/C22H19N7O2.ClH/c1-2-5-14(6-3-1)16-13-24-21(25-16)28-22-26-17-15-7-4-8-23-20(15)31-18(17)19(27-22)29-9-11-30-12-10-29;/h1-8,13H,9-12H2,(H2,24,25,26,27,28);1H. The Morgan fingerprint density at radius 2 is 1.81 bits per heavy atom. The molecule has 0 saturated carbocycles. The summed E-state index contributed by atoms with van der Waals surface area (Å²) in [6.45, 7) is 2.75. The zero-order valence-corrected chi connectivity index (χ0v) is 17.8. The third-order valence-corrected chi connectivity index (χ3v) is 5.27. The van der Waals surface area contributed by atoms with Crippen LogP contribution in [-0.4, -0.2) is 51.2 Å². The Bertz CT molecular complexity index is 1360. The molecule has 9 nitrogen and oxygen atoms in total. The van der Waals surface area contributed by atoms with E-state index in [1.807, 2.05) is 42.5 Å². The first-order valence-electron chi connectivity index (χ1n) is 10.1. The van der Waals surface area contributed by atoms with Gasteiger partial charge in [-0.3, -0.25) is 5.32 Å². The zero-order chi connectivity index (χ0) is 20.6. The summed E-state index contributed by atoms with van der Waals surface area (Å²) in [7, 11) is 0. The molecule has 1 saturated heterocycles. The van der Waals surface area contributed by atoms with Crippen LogP contribution in [0.15, 0.2) is 59.3 Å². The van der Waals surface area contributed by atoms with Gasteiger partial charge in [0, 0.05) is 19.3 Å². The second-order valence-corrected chi connectivity index (χ2v) is 7.24. The predicted molar refractivity (Wildman–Crippen MR) is 125 cm³/mol.